The number of halogens is 1. The number of thioether (sulfide) groups is 1. The third kappa shape index (κ3) is 5.36. The van der Waals surface area contributed by atoms with Crippen LogP contribution < -0.4 is 16.5 Å². The molecule has 8 nitrogen and oxygen atoms in total. The second-order valence-corrected chi connectivity index (χ2v) is 6.95. The van der Waals surface area contributed by atoms with Crippen molar-refractivity contribution in [2.45, 2.75) is 19.0 Å². The third-order valence-corrected chi connectivity index (χ3v) is 4.31. The Balaban J connectivity index is 1.93. The van der Waals surface area contributed by atoms with Crippen molar-refractivity contribution in [2.24, 2.45) is 5.92 Å². The van der Waals surface area contributed by atoms with Crippen LogP contribution in [0.1, 0.15) is 13.8 Å². The lowest BCUT2D eigenvalue weighted by molar-refractivity contribution is -0.117. The number of nitrogens with zero attached hydrogens (tertiary/aromatic N) is 3. The smallest absolute Gasteiger partial charge is 0.321 e. The summed E-state index contributed by atoms with van der Waals surface area (Å²) in [6, 6.07) is 6.59. The number of hydrogen-bond donors (Lipinski definition) is 3. The summed E-state index contributed by atoms with van der Waals surface area (Å²) in [6.45, 7) is 4.41. The molecule has 0 aliphatic rings. The van der Waals surface area contributed by atoms with Crippen LogP contribution in [0.5, 0.6) is 0 Å². The number of hydrogen-bond acceptors (Lipinski definition) is 6. The van der Waals surface area contributed by atoms with Crippen molar-refractivity contribution in [3.63, 3.8) is 0 Å². The molecule has 4 N–H and O–H groups in total. The van der Waals surface area contributed by atoms with E-state index in [1.54, 1.807) is 18.2 Å². The molecule has 0 unspecified atom stereocenters. The van der Waals surface area contributed by atoms with Gasteiger partial charge in [-0.15, -0.1) is 10.2 Å². The standard InChI is InChI=1S/C15H19ClN6O2S/c1-9(2)7-18-14(24)19-12(23)8-25-15-21-20-13(22(15)17)10-5-3-4-6-11(10)16/h3-6,9H,7-8,17H2,1-2H3,(H2,18,19,23,24). The number of nitrogen functional groups attached to an aromatic ring is 1. The second-order valence-electron chi connectivity index (χ2n) is 5.60. The van der Waals surface area contributed by atoms with Crippen molar-refractivity contribution in [1.29, 1.82) is 0 Å². The molecular formula is C15H19ClN6O2S. The summed E-state index contributed by atoms with van der Waals surface area (Å²) in [5, 5.41) is 13.6. The minimum absolute atomic E-state index is 0.0209. The number of benzene rings is 1. The predicted octanol–water partition coefficient (Wildman–Crippen LogP) is 1.89. The normalized spacial score (nSPS) is 10.7. The Labute approximate surface area is 154 Å². The van der Waals surface area contributed by atoms with Gasteiger partial charge < -0.3 is 11.2 Å². The number of nitrogens with one attached hydrogen (secondary N) is 2. The Morgan fingerprint density at radius 1 is 1.32 bits per heavy atom. The molecule has 0 saturated carbocycles. The average molecular weight is 383 g/mol. The van der Waals surface area contributed by atoms with Crippen LogP contribution in [0.4, 0.5) is 4.79 Å². The number of amides is 3. The van der Waals surface area contributed by atoms with E-state index in [-0.39, 0.29) is 5.75 Å². The van der Waals surface area contributed by atoms with Crippen molar-refractivity contribution in [3.8, 4) is 11.4 Å². The first kappa shape index (κ1) is 19.1. The third-order valence-electron chi connectivity index (χ3n) is 3.04. The molecule has 0 atom stereocenters. The number of aromatic nitrogens is 3. The van der Waals surface area contributed by atoms with E-state index in [9.17, 15) is 9.59 Å². The summed E-state index contributed by atoms with van der Waals surface area (Å²) in [6.07, 6.45) is 0. The van der Waals surface area contributed by atoms with Gasteiger partial charge in [0.25, 0.3) is 0 Å². The number of carbonyl (C=O) groups is 2. The first-order chi connectivity index (χ1) is 11.9. The largest absolute Gasteiger partial charge is 0.338 e. The Hall–Kier alpha value is -2.26. The molecule has 0 bridgehead atoms. The van der Waals surface area contributed by atoms with Crippen LogP contribution in [-0.2, 0) is 4.79 Å². The maximum absolute atomic E-state index is 11.8. The van der Waals surface area contributed by atoms with Gasteiger partial charge in [0.05, 0.1) is 10.8 Å². The number of carbonyl (C=O) groups excluding carboxylic acids is 2. The fourth-order valence-corrected chi connectivity index (χ4v) is 2.71. The van der Waals surface area contributed by atoms with E-state index in [1.807, 2.05) is 19.9 Å². The molecule has 10 heteroatoms. The Morgan fingerprint density at radius 3 is 2.72 bits per heavy atom. The SMILES string of the molecule is CC(C)CNC(=O)NC(=O)CSc1nnc(-c2ccccc2Cl)n1N. The zero-order valence-corrected chi connectivity index (χ0v) is 15.4. The topological polar surface area (TPSA) is 115 Å². The van der Waals surface area contributed by atoms with E-state index in [1.165, 1.54) is 4.68 Å². The molecule has 0 aliphatic carbocycles. The van der Waals surface area contributed by atoms with Crippen LogP contribution in [0.3, 0.4) is 0 Å². The Kier molecular flexibility index (Phi) is 6.65. The number of imide groups is 1. The number of urea groups is 1. The zero-order chi connectivity index (χ0) is 18.4. The molecule has 2 rings (SSSR count). The summed E-state index contributed by atoms with van der Waals surface area (Å²) >= 11 is 7.20. The highest BCUT2D eigenvalue weighted by atomic mass is 35.5. The highest BCUT2D eigenvalue weighted by Gasteiger charge is 2.16. The van der Waals surface area contributed by atoms with E-state index in [0.717, 1.165) is 11.8 Å². The minimum atomic E-state index is -0.523. The van der Waals surface area contributed by atoms with Crippen LogP contribution in [0.15, 0.2) is 29.4 Å². The monoisotopic (exact) mass is 382 g/mol. The minimum Gasteiger partial charge on any atom is -0.338 e. The van der Waals surface area contributed by atoms with Gasteiger partial charge in [-0.1, -0.05) is 49.3 Å². The molecule has 2 aromatic rings. The van der Waals surface area contributed by atoms with Crippen LogP contribution in [0, 0.1) is 5.92 Å². The van der Waals surface area contributed by atoms with E-state index in [2.05, 4.69) is 20.8 Å². The van der Waals surface area contributed by atoms with Gasteiger partial charge in [0.1, 0.15) is 0 Å². The van der Waals surface area contributed by atoms with Crippen molar-refractivity contribution in [2.75, 3.05) is 18.1 Å². The van der Waals surface area contributed by atoms with Crippen LogP contribution in [0.2, 0.25) is 5.02 Å². The van der Waals surface area contributed by atoms with E-state index in [4.69, 9.17) is 17.4 Å². The molecule has 25 heavy (non-hydrogen) atoms. The molecule has 1 aromatic heterocycles. The highest BCUT2D eigenvalue weighted by molar-refractivity contribution is 7.99. The molecule has 1 aromatic carbocycles. The van der Waals surface area contributed by atoms with Gasteiger partial charge >= 0.3 is 6.03 Å². The fraction of sp³-hybridized carbons (Fsp3) is 0.333. The molecule has 0 fully saturated rings. The lowest BCUT2D eigenvalue weighted by atomic mass is 10.2. The quantitative estimate of drug-likeness (QED) is 0.519. The summed E-state index contributed by atoms with van der Waals surface area (Å²) in [7, 11) is 0. The summed E-state index contributed by atoms with van der Waals surface area (Å²) in [4.78, 5) is 23.3. The first-order valence-electron chi connectivity index (χ1n) is 7.54. The maximum atomic E-state index is 11.8. The average Bonchev–Trinajstić information content (AvgIpc) is 2.92. The van der Waals surface area contributed by atoms with E-state index < -0.39 is 11.9 Å². The van der Waals surface area contributed by atoms with Gasteiger partial charge in [-0.2, -0.15) is 0 Å². The summed E-state index contributed by atoms with van der Waals surface area (Å²) in [5.74, 6) is 6.19. The Bertz CT molecular complexity index is 764. The van der Waals surface area contributed by atoms with Crippen LogP contribution in [0.25, 0.3) is 11.4 Å². The van der Waals surface area contributed by atoms with Gasteiger partial charge in [0.2, 0.25) is 11.1 Å². The highest BCUT2D eigenvalue weighted by Crippen LogP contribution is 2.27. The molecule has 1 heterocycles. The van der Waals surface area contributed by atoms with Crippen LogP contribution in [-0.4, -0.2) is 39.1 Å². The van der Waals surface area contributed by atoms with Gasteiger partial charge in [-0.25, -0.2) is 9.47 Å². The molecular weight excluding hydrogens is 364 g/mol. The molecule has 0 saturated heterocycles. The zero-order valence-electron chi connectivity index (χ0n) is 13.8. The van der Waals surface area contributed by atoms with E-state index >= 15 is 0 Å². The molecule has 3 amide bonds. The van der Waals surface area contributed by atoms with Crippen molar-refractivity contribution in [1.82, 2.24) is 25.5 Å². The number of rotatable bonds is 6. The molecule has 0 aliphatic heterocycles. The summed E-state index contributed by atoms with van der Waals surface area (Å²) < 4.78 is 1.26. The van der Waals surface area contributed by atoms with Crippen LogP contribution >= 0.6 is 23.4 Å². The molecule has 0 spiro atoms. The number of nitrogens with two attached hydrogens (primary N) is 1. The van der Waals surface area contributed by atoms with Crippen molar-refractivity contribution >= 4 is 35.3 Å². The van der Waals surface area contributed by atoms with Gasteiger partial charge in [0, 0.05) is 12.1 Å². The molecule has 134 valence electrons. The fourth-order valence-electron chi connectivity index (χ4n) is 1.84. The van der Waals surface area contributed by atoms with Gasteiger partial charge in [0.15, 0.2) is 5.82 Å². The lowest BCUT2D eigenvalue weighted by Crippen LogP contribution is -2.41. The lowest BCUT2D eigenvalue weighted by Gasteiger charge is -2.08. The Morgan fingerprint density at radius 2 is 2.04 bits per heavy atom. The first-order valence-corrected chi connectivity index (χ1v) is 8.90. The summed E-state index contributed by atoms with van der Waals surface area (Å²) in [5.41, 5.74) is 0.642. The predicted molar refractivity (Wildman–Crippen MR) is 97.7 cm³/mol. The van der Waals surface area contributed by atoms with Gasteiger partial charge in [-0.05, 0) is 18.1 Å². The van der Waals surface area contributed by atoms with Crippen molar-refractivity contribution in [3.05, 3.63) is 29.3 Å². The second kappa shape index (κ2) is 8.72. The van der Waals surface area contributed by atoms with E-state index in [0.29, 0.717) is 34.0 Å². The maximum Gasteiger partial charge on any atom is 0.321 e. The van der Waals surface area contributed by atoms with Crippen molar-refractivity contribution < 1.29 is 9.59 Å². The molecule has 0 radical (unpaired) electrons. The van der Waals surface area contributed by atoms with Gasteiger partial charge in [-0.3, -0.25) is 10.1 Å².